The number of anilines is 1. The Morgan fingerprint density at radius 2 is 1.70 bits per heavy atom. The average molecular weight is 397 g/mol. The van der Waals surface area contributed by atoms with Crippen LogP contribution in [-0.4, -0.2) is 20.8 Å². The van der Waals surface area contributed by atoms with Crippen LogP contribution >= 0.6 is 0 Å². The highest BCUT2D eigenvalue weighted by Crippen LogP contribution is 2.27. The molecule has 30 heavy (non-hydrogen) atoms. The lowest BCUT2D eigenvalue weighted by Crippen LogP contribution is -2.31. The number of urea groups is 1. The van der Waals surface area contributed by atoms with Gasteiger partial charge in [-0.05, 0) is 37.6 Å². The number of pyridine rings is 1. The SMILES string of the molecule is Cc1c(C(C)NC(=O)Nc2ccccc2-c2ccccc2)cnn1-c1ccccn1. The highest BCUT2D eigenvalue weighted by Gasteiger charge is 2.17. The summed E-state index contributed by atoms with van der Waals surface area (Å²) < 4.78 is 1.77. The van der Waals surface area contributed by atoms with E-state index in [1.165, 1.54) is 0 Å². The Morgan fingerprint density at radius 3 is 2.47 bits per heavy atom. The molecule has 0 saturated heterocycles. The Labute approximate surface area is 175 Å². The number of benzene rings is 2. The molecule has 2 aromatic heterocycles. The molecule has 2 aromatic carbocycles. The van der Waals surface area contributed by atoms with E-state index in [1.54, 1.807) is 17.1 Å². The van der Waals surface area contributed by atoms with E-state index < -0.39 is 0 Å². The van der Waals surface area contributed by atoms with Gasteiger partial charge in [0.2, 0.25) is 0 Å². The van der Waals surface area contributed by atoms with Crippen LogP contribution in [0.2, 0.25) is 0 Å². The van der Waals surface area contributed by atoms with Crippen molar-refractivity contribution in [2.45, 2.75) is 19.9 Å². The first-order valence-electron chi connectivity index (χ1n) is 9.81. The summed E-state index contributed by atoms with van der Waals surface area (Å²) in [6.45, 7) is 3.91. The second-order valence-corrected chi connectivity index (χ2v) is 7.02. The van der Waals surface area contributed by atoms with Crippen molar-refractivity contribution in [2.75, 3.05) is 5.32 Å². The van der Waals surface area contributed by atoms with Crippen LogP contribution in [0, 0.1) is 6.92 Å². The fourth-order valence-corrected chi connectivity index (χ4v) is 3.45. The van der Waals surface area contributed by atoms with Gasteiger partial charge in [-0.15, -0.1) is 0 Å². The molecule has 1 atom stereocenters. The molecule has 4 aromatic rings. The van der Waals surface area contributed by atoms with Crippen LogP contribution in [-0.2, 0) is 0 Å². The molecule has 0 radical (unpaired) electrons. The van der Waals surface area contributed by atoms with Crippen LogP contribution in [0.25, 0.3) is 16.9 Å². The Hall–Kier alpha value is -3.93. The van der Waals surface area contributed by atoms with Crippen LogP contribution in [0.4, 0.5) is 10.5 Å². The fourth-order valence-electron chi connectivity index (χ4n) is 3.45. The van der Waals surface area contributed by atoms with Gasteiger partial charge in [0.15, 0.2) is 5.82 Å². The third-order valence-corrected chi connectivity index (χ3v) is 4.99. The predicted molar refractivity (Wildman–Crippen MR) is 119 cm³/mol. The van der Waals surface area contributed by atoms with Crippen molar-refractivity contribution in [3.8, 4) is 16.9 Å². The highest BCUT2D eigenvalue weighted by molar-refractivity contribution is 5.94. The van der Waals surface area contributed by atoms with Crippen molar-refractivity contribution in [3.63, 3.8) is 0 Å². The maximum Gasteiger partial charge on any atom is 0.319 e. The van der Waals surface area contributed by atoms with Crippen molar-refractivity contribution in [3.05, 3.63) is 96.4 Å². The largest absolute Gasteiger partial charge is 0.331 e. The molecule has 0 bridgehead atoms. The smallest absolute Gasteiger partial charge is 0.319 e. The molecular formula is C24H23N5O. The molecular weight excluding hydrogens is 374 g/mol. The molecule has 2 N–H and O–H groups in total. The summed E-state index contributed by atoms with van der Waals surface area (Å²) >= 11 is 0. The lowest BCUT2D eigenvalue weighted by molar-refractivity contribution is 0.249. The number of hydrogen-bond donors (Lipinski definition) is 2. The average Bonchev–Trinajstić information content (AvgIpc) is 3.17. The molecule has 6 nitrogen and oxygen atoms in total. The molecule has 4 rings (SSSR count). The first-order chi connectivity index (χ1) is 14.6. The Bertz CT molecular complexity index is 1140. The van der Waals surface area contributed by atoms with Crippen LogP contribution in [0.1, 0.15) is 24.2 Å². The summed E-state index contributed by atoms with van der Waals surface area (Å²) in [6, 6.07) is 23.0. The Balaban J connectivity index is 1.49. The van der Waals surface area contributed by atoms with E-state index in [-0.39, 0.29) is 12.1 Å². The molecule has 2 heterocycles. The normalized spacial score (nSPS) is 11.7. The zero-order valence-corrected chi connectivity index (χ0v) is 16.9. The lowest BCUT2D eigenvalue weighted by atomic mass is 10.0. The van der Waals surface area contributed by atoms with Crippen molar-refractivity contribution < 1.29 is 4.79 Å². The van der Waals surface area contributed by atoms with E-state index in [4.69, 9.17) is 0 Å². The quantitative estimate of drug-likeness (QED) is 0.491. The van der Waals surface area contributed by atoms with Gasteiger partial charge in [0.25, 0.3) is 0 Å². The van der Waals surface area contributed by atoms with Gasteiger partial charge in [0.1, 0.15) is 0 Å². The molecule has 150 valence electrons. The van der Waals surface area contributed by atoms with Crippen molar-refractivity contribution in [1.29, 1.82) is 0 Å². The van der Waals surface area contributed by atoms with Crippen LogP contribution in [0.3, 0.4) is 0 Å². The van der Waals surface area contributed by atoms with Crippen molar-refractivity contribution in [2.24, 2.45) is 0 Å². The Morgan fingerprint density at radius 1 is 0.967 bits per heavy atom. The summed E-state index contributed by atoms with van der Waals surface area (Å²) in [7, 11) is 0. The number of para-hydroxylation sites is 1. The number of amides is 2. The van der Waals surface area contributed by atoms with Gasteiger partial charge in [-0.25, -0.2) is 14.5 Å². The van der Waals surface area contributed by atoms with Gasteiger partial charge < -0.3 is 10.6 Å². The van der Waals surface area contributed by atoms with Gasteiger partial charge in [0.05, 0.1) is 17.9 Å². The van der Waals surface area contributed by atoms with Crippen molar-refractivity contribution >= 4 is 11.7 Å². The minimum atomic E-state index is -0.268. The maximum atomic E-state index is 12.7. The lowest BCUT2D eigenvalue weighted by Gasteiger charge is -2.16. The number of rotatable bonds is 5. The van der Waals surface area contributed by atoms with E-state index in [9.17, 15) is 4.79 Å². The molecule has 0 spiro atoms. The molecule has 0 saturated carbocycles. The van der Waals surface area contributed by atoms with Gasteiger partial charge in [-0.3, -0.25) is 0 Å². The van der Waals surface area contributed by atoms with Gasteiger partial charge in [-0.1, -0.05) is 54.6 Å². The predicted octanol–water partition coefficient (Wildman–Crippen LogP) is 5.13. The topological polar surface area (TPSA) is 71.8 Å². The molecule has 0 aliphatic carbocycles. The van der Waals surface area contributed by atoms with Crippen LogP contribution < -0.4 is 10.6 Å². The van der Waals surface area contributed by atoms with E-state index in [0.29, 0.717) is 0 Å². The second-order valence-electron chi connectivity index (χ2n) is 7.02. The third kappa shape index (κ3) is 4.07. The summed E-state index contributed by atoms with van der Waals surface area (Å²) in [5, 5.41) is 10.4. The number of nitrogens with zero attached hydrogens (tertiary/aromatic N) is 3. The summed E-state index contributed by atoms with van der Waals surface area (Å²) in [6.07, 6.45) is 3.50. The summed E-state index contributed by atoms with van der Waals surface area (Å²) in [5.41, 5.74) is 4.65. The first-order valence-corrected chi connectivity index (χ1v) is 9.81. The van der Waals surface area contributed by atoms with E-state index >= 15 is 0 Å². The van der Waals surface area contributed by atoms with E-state index in [0.717, 1.165) is 33.9 Å². The Kier molecular flexibility index (Phi) is 5.57. The van der Waals surface area contributed by atoms with E-state index in [1.807, 2.05) is 86.6 Å². The van der Waals surface area contributed by atoms with Crippen LogP contribution in [0.15, 0.2) is 85.2 Å². The van der Waals surface area contributed by atoms with Gasteiger partial charge >= 0.3 is 6.03 Å². The third-order valence-electron chi connectivity index (χ3n) is 4.99. The number of carbonyl (C=O) groups is 1. The molecule has 0 aliphatic rings. The summed E-state index contributed by atoms with van der Waals surface area (Å²) in [4.78, 5) is 17.0. The minimum absolute atomic E-state index is 0.216. The first kappa shape index (κ1) is 19.4. The molecule has 6 heteroatoms. The molecule has 2 amide bonds. The van der Waals surface area contributed by atoms with Gasteiger partial charge in [-0.2, -0.15) is 5.10 Å². The molecule has 1 unspecified atom stereocenters. The highest BCUT2D eigenvalue weighted by atomic mass is 16.2. The standard InChI is InChI=1S/C24H23N5O/c1-17(21-16-26-29(18(21)2)23-14-8-9-15-25-23)27-24(30)28-22-13-7-6-12-20(22)19-10-4-3-5-11-19/h3-17H,1-2H3,(H2,27,28,30). The number of nitrogens with one attached hydrogen (secondary N) is 2. The molecule has 0 fully saturated rings. The zero-order chi connectivity index (χ0) is 20.9. The zero-order valence-electron chi connectivity index (χ0n) is 16.9. The fraction of sp³-hybridized carbons (Fsp3) is 0.125. The number of aromatic nitrogens is 3. The summed E-state index contributed by atoms with van der Waals surface area (Å²) in [5.74, 6) is 0.745. The number of carbonyl (C=O) groups excluding carboxylic acids is 1. The minimum Gasteiger partial charge on any atom is -0.331 e. The molecule has 0 aliphatic heterocycles. The second kappa shape index (κ2) is 8.61. The van der Waals surface area contributed by atoms with Crippen LogP contribution in [0.5, 0.6) is 0 Å². The number of hydrogen-bond acceptors (Lipinski definition) is 3. The maximum absolute atomic E-state index is 12.7. The van der Waals surface area contributed by atoms with Crippen molar-refractivity contribution in [1.82, 2.24) is 20.1 Å². The monoisotopic (exact) mass is 397 g/mol. The van der Waals surface area contributed by atoms with Gasteiger partial charge in [0, 0.05) is 23.0 Å². The van der Waals surface area contributed by atoms with E-state index in [2.05, 4.69) is 20.7 Å².